The SMILES string of the molecule is CC(C)NCC1(Cc2ccc(F)c(Br)c2)CCOC1C. The van der Waals surface area contributed by atoms with Crippen LogP contribution >= 0.6 is 15.9 Å². The summed E-state index contributed by atoms with van der Waals surface area (Å²) in [4.78, 5) is 0. The predicted molar refractivity (Wildman–Crippen MR) is 83.4 cm³/mol. The maximum Gasteiger partial charge on any atom is 0.137 e. The van der Waals surface area contributed by atoms with Crippen LogP contribution in [-0.2, 0) is 11.2 Å². The summed E-state index contributed by atoms with van der Waals surface area (Å²) in [5.41, 5.74) is 1.25. The Morgan fingerprint density at radius 1 is 1.50 bits per heavy atom. The van der Waals surface area contributed by atoms with Gasteiger partial charge in [0, 0.05) is 24.6 Å². The van der Waals surface area contributed by atoms with Crippen molar-refractivity contribution >= 4 is 15.9 Å². The van der Waals surface area contributed by atoms with E-state index in [0.717, 1.165) is 31.6 Å². The molecule has 1 aromatic carbocycles. The second kappa shape index (κ2) is 6.54. The van der Waals surface area contributed by atoms with Gasteiger partial charge < -0.3 is 10.1 Å². The van der Waals surface area contributed by atoms with Gasteiger partial charge in [-0.1, -0.05) is 19.9 Å². The summed E-state index contributed by atoms with van der Waals surface area (Å²) in [5.74, 6) is -0.209. The molecule has 2 rings (SSSR count). The Morgan fingerprint density at radius 2 is 2.25 bits per heavy atom. The first-order chi connectivity index (χ1) is 9.43. The highest BCUT2D eigenvalue weighted by atomic mass is 79.9. The molecule has 2 unspecified atom stereocenters. The third kappa shape index (κ3) is 3.60. The van der Waals surface area contributed by atoms with Crippen LogP contribution in [0.5, 0.6) is 0 Å². The Labute approximate surface area is 129 Å². The fraction of sp³-hybridized carbons (Fsp3) is 0.625. The normalized spacial score (nSPS) is 26.4. The van der Waals surface area contributed by atoms with Gasteiger partial charge in [-0.15, -0.1) is 0 Å². The molecule has 1 heterocycles. The minimum absolute atomic E-state index is 0.0987. The van der Waals surface area contributed by atoms with Crippen LogP contribution < -0.4 is 5.32 Å². The zero-order valence-electron chi connectivity index (χ0n) is 12.4. The molecule has 2 atom stereocenters. The van der Waals surface area contributed by atoms with Crippen molar-refractivity contribution in [3.05, 3.63) is 34.1 Å². The van der Waals surface area contributed by atoms with E-state index in [-0.39, 0.29) is 17.3 Å². The van der Waals surface area contributed by atoms with E-state index in [0.29, 0.717) is 10.5 Å². The molecule has 0 amide bonds. The Bertz CT molecular complexity index is 466. The van der Waals surface area contributed by atoms with Crippen molar-refractivity contribution < 1.29 is 9.13 Å². The number of benzene rings is 1. The predicted octanol–water partition coefficient (Wildman–Crippen LogP) is 3.92. The summed E-state index contributed by atoms with van der Waals surface area (Å²) in [6.45, 7) is 8.20. The van der Waals surface area contributed by atoms with Gasteiger partial charge in [0.25, 0.3) is 0 Å². The summed E-state index contributed by atoms with van der Waals surface area (Å²) in [6, 6.07) is 5.75. The maximum atomic E-state index is 13.4. The van der Waals surface area contributed by atoms with E-state index in [1.54, 1.807) is 0 Å². The number of nitrogens with one attached hydrogen (secondary N) is 1. The Kier molecular flexibility index (Phi) is 5.21. The zero-order valence-corrected chi connectivity index (χ0v) is 14.0. The average Bonchev–Trinajstić information content (AvgIpc) is 2.74. The molecule has 0 bridgehead atoms. The maximum absolute atomic E-state index is 13.4. The number of rotatable bonds is 5. The molecule has 112 valence electrons. The van der Waals surface area contributed by atoms with Crippen molar-refractivity contribution in [2.24, 2.45) is 5.41 Å². The molecule has 4 heteroatoms. The summed E-state index contributed by atoms with van der Waals surface area (Å²) >= 11 is 3.27. The van der Waals surface area contributed by atoms with Crippen LogP contribution in [0.15, 0.2) is 22.7 Å². The molecule has 0 radical (unpaired) electrons. The van der Waals surface area contributed by atoms with Crippen molar-refractivity contribution in [3.8, 4) is 0 Å². The molecule has 1 N–H and O–H groups in total. The van der Waals surface area contributed by atoms with Crippen LogP contribution in [-0.4, -0.2) is 25.3 Å². The Balaban J connectivity index is 2.17. The highest BCUT2D eigenvalue weighted by Gasteiger charge is 2.41. The van der Waals surface area contributed by atoms with E-state index in [9.17, 15) is 4.39 Å². The van der Waals surface area contributed by atoms with Crippen molar-refractivity contribution in [1.82, 2.24) is 5.32 Å². The molecular formula is C16H23BrFNO. The Morgan fingerprint density at radius 3 is 2.80 bits per heavy atom. The summed E-state index contributed by atoms with van der Waals surface area (Å²) in [6.07, 6.45) is 2.17. The fourth-order valence-electron chi connectivity index (χ4n) is 2.81. The molecule has 20 heavy (non-hydrogen) atoms. The minimum atomic E-state index is -0.209. The van der Waals surface area contributed by atoms with Crippen molar-refractivity contribution in [3.63, 3.8) is 0 Å². The van der Waals surface area contributed by atoms with E-state index in [2.05, 4.69) is 42.0 Å². The van der Waals surface area contributed by atoms with Gasteiger partial charge in [0.05, 0.1) is 10.6 Å². The second-order valence-electron chi connectivity index (χ2n) is 6.09. The lowest BCUT2D eigenvalue weighted by Crippen LogP contribution is -2.43. The van der Waals surface area contributed by atoms with Gasteiger partial charge in [-0.3, -0.25) is 0 Å². The third-order valence-electron chi connectivity index (χ3n) is 4.23. The van der Waals surface area contributed by atoms with Crippen LogP contribution in [0.4, 0.5) is 4.39 Å². The lowest BCUT2D eigenvalue weighted by Gasteiger charge is -2.33. The molecule has 1 fully saturated rings. The van der Waals surface area contributed by atoms with Crippen molar-refractivity contribution in [1.29, 1.82) is 0 Å². The standard InChI is InChI=1S/C16H23BrFNO/c1-11(2)19-10-16(6-7-20-12(16)3)9-13-4-5-15(18)14(17)8-13/h4-5,8,11-12,19H,6-7,9-10H2,1-3H3. The number of halogens is 2. The lowest BCUT2D eigenvalue weighted by atomic mass is 9.76. The number of hydrogen-bond acceptors (Lipinski definition) is 2. The van der Waals surface area contributed by atoms with E-state index in [1.807, 2.05) is 12.1 Å². The first-order valence-electron chi connectivity index (χ1n) is 7.22. The summed E-state index contributed by atoms with van der Waals surface area (Å²) in [5, 5.41) is 3.54. The smallest absolute Gasteiger partial charge is 0.137 e. The average molecular weight is 344 g/mol. The molecule has 1 aromatic rings. The van der Waals surface area contributed by atoms with Crippen molar-refractivity contribution in [2.45, 2.75) is 45.8 Å². The molecular weight excluding hydrogens is 321 g/mol. The largest absolute Gasteiger partial charge is 0.378 e. The summed E-state index contributed by atoms with van der Waals surface area (Å²) in [7, 11) is 0. The first kappa shape index (κ1) is 15.9. The number of hydrogen-bond donors (Lipinski definition) is 1. The first-order valence-corrected chi connectivity index (χ1v) is 8.01. The van der Waals surface area contributed by atoms with Gasteiger partial charge in [-0.05, 0) is 53.4 Å². The number of ether oxygens (including phenoxy) is 1. The molecule has 0 aromatic heterocycles. The molecule has 1 saturated heterocycles. The molecule has 0 spiro atoms. The van der Waals surface area contributed by atoms with Gasteiger partial charge in [0.1, 0.15) is 5.82 Å². The van der Waals surface area contributed by atoms with Crippen LogP contribution in [0.3, 0.4) is 0 Å². The summed E-state index contributed by atoms with van der Waals surface area (Å²) < 4.78 is 19.7. The minimum Gasteiger partial charge on any atom is -0.378 e. The van der Waals surface area contributed by atoms with Crippen LogP contribution in [0.1, 0.15) is 32.8 Å². The molecule has 0 saturated carbocycles. The van der Waals surface area contributed by atoms with Crippen LogP contribution in [0.2, 0.25) is 0 Å². The highest BCUT2D eigenvalue weighted by molar-refractivity contribution is 9.10. The fourth-order valence-corrected chi connectivity index (χ4v) is 3.24. The lowest BCUT2D eigenvalue weighted by molar-refractivity contribution is 0.0620. The van der Waals surface area contributed by atoms with Gasteiger partial charge in [0.2, 0.25) is 0 Å². The Hall–Kier alpha value is -0.450. The molecule has 1 aliphatic rings. The van der Waals surface area contributed by atoms with E-state index in [1.165, 1.54) is 6.07 Å². The van der Waals surface area contributed by atoms with Gasteiger partial charge >= 0.3 is 0 Å². The molecule has 0 aliphatic carbocycles. The van der Waals surface area contributed by atoms with Gasteiger partial charge in [0.15, 0.2) is 0 Å². The van der Waals surface area contributed by atoms with Gasteiger partial charge in [-0.2, -0.15) is 0 Å². The molecule has 2 nitrogen and oxygen atoms in total. The highest BCUT2D eigenvalue weighted by Crippen LogP contribution is 2.38. The second-order valence-corrected chi connectivity index (χ2v) is 6.94. The van der Waals surface area contributed by atoms with Crippen LogP contribution in [0, 0.1) is 11.2 Å². The van der Waals surface area contributed by atoms with Gasteiger partial charge in [-0.25, -0.2) is 4.39 Å². The monoisotopic (exact) mass is 343 g/mol. The topological polar surface area (TPSA) is 21.3 Å². The molecule has 1 aliphatic heterocycles. The van der Waals surface area contributed by atoms with E-state index < -0.39 is 0 Å². The third-order valence-corrected chi connectivity index (χ3v) is 4.84. The van der Waals surface area contributed by atoms with E-state index in [4.69, 9.17) is 4.74 Å². The quantitative estimate of drug-likeness (QED) is 0.874. The zero-order chi connectivity index (χ0) is 14.8. The van der Waals surface area contributed by atoms with Crippen LogP contribution in [0.25, 0.3) is 0 Å². The van der Waals surface area contributed by atoms with Crippen molar-refractivity contribution in [2.75, 3.05) is 13.2 Å². The van der Waals surface area contributed by atoms with E-state index >= 15 is 0 Å².